The molecule has 5 nitrogen and oxygen atoms in total. The Morgan fingerprint density at radius 1 is 1.30 bits per heavy atom. The molecule has 0 aliphatic heterocycles. The first-order chi connectivity index (χ1) is 9.47. The summed E-state index contributed by atoms with van der Waals surface area (Å²) in [5, 5.41) is 11.8. The van der Waals surface area contributed by atoms with E-state index in [0.29, 0.717) is 5.75 Å². The Morgan fingerprint density at radius 3 is 2.50 bits per heavy atom. The van der Waals surface area contributed by atoms with Gasteiger partial charge in [0, 0.05) is 6.04 Å². The minimum atomic E-state index is -1.02. The monoisotopic (exact) mass is 279 g/mol. The van der Waals surface area contributed by atoms with Crippen LogP contribution in [0.25, 0.3) is 0 Å². The molecule has 0 radical (unpaired) electrons. The summed E-state index contributed by atoms with van der Waals surface area (Å²) in [6.45, 7) is 5.71. The third kappa shape index (κ3) is 4.57. The van der Waals surface area contributed by atoms with Crippen LogP contribution in [0.3, 0.4) is 0 Å². The maximum atomic E-state index is 11.7. The number of carbonyl (C=O) groups is 2. The van der Waals surface area contributed by atoms with Gasteiger partial charge in [-0.05, 0) is 37.5 Å². The second-order valence-electron chi connectivity index (χ2n) is 4.66. The molecule has 5 heteroatoms. The van der Waals surface area contributed by atoms with Gasteiger partial charge in [0.1, 0.15) is 5.75 Å². The van der Waals surface area contributed by atoms with E-state index in [1.165, 1.54) is 12.1 Å². The average Bonchev–Trinajstić information content (AvgIpc) is 2.43. The van der Waals surface area contributed by atoms with E-state index in [-0.39, 0.29) is 24.1 Å². The van der Waals surface area contributed by atoms with Crippen LogP contribution in [-0.4, -0.2) is 29.6 Å². The molecular formula is C15H21NO4. The number of rotatable bonds is 7. The normalized spacial score (nSPS) is 10.4. The fraction of sp³-hybridized carbons (Fsp3) is 0.467. The van der Waals surface area contributed by atoms with Gasteiger partial charge < -0.3 is 15.2 Å². The summed E-state index contributed by atoms with van der Waals surface area (Å²) >= 11 is 0. The molecule has 0 spiro atoms. The van der Waals surface area contributed by atoms with Crippen LogP contribution >= 0.6 is 0 Å². The molecule has 1 amide bonds. The Bertz CT molecular complexity index is 481. The highest BCUT2D eigenvalue weighted by Gasteiger charge is 2.11. The van der Waals surface area contributed by atoms with Crippen molar-refractivity contribution in [2.45, 2.75) is 39.7 Å². The van der Waals surface area contributed by atoms with Crippen molar-refractivity contribution in [3.63, 3.8) is 0 Å². The summed E-state index contributed by atoms with van der Waals surface area (Å²) in [5.74, 6) is -0.792. The smallest absolute Gasteiger partial charge is 0.335 e. The molecule has 110 valence electrons. The minimum Gasteiger partial charge on any atom is -0.483 e. The van der Waals surface area contributed by atoms with E-state index in [9.17, 15) is 9.59 Å². The van der Waals surface area contributed by atoms with Crippen LogP contribution in [0.4, 0.5) is 0 Å². The molecule has 0 atom stereocenters. The van der Waals surface area contributed by atoms with Crippen LogP contribution in [0.15, 0.2) is 18.2 Å². The number of carboxylic acids is 1. The lowest BCUT2D eigenvalue weighted by molar-refractivity contribution is -0.123. The van der Waals surface area contributed by atoms with E-state index in [1.54, 1.807) is 13.0 Å². The molecule has 1 rings (SSSR count). The lowest BCUT2D eigenvalue weighted by Gasteiger charge is -2.15. The first kappa shape index (κ1) is 16.0. The summed E-state index contributed by atoms with van der Waals surface area (Å²) in [5.41, 5.74) is 0.941. The van der Waals surface area contributed by atoms with E-state index in [4.69, 9.17) is 9.84 Å². The van der Waals surface area contributed by atoms with Crippen LogP contribution in [0.5, 0.6) is 5.75 Å². The van der Waals surface area contributed by atoms with Crippen LogP contribution in [0.2, 0.25) is 0 Å². The first-order valence-corrected chi connectivity index (χ1v) is 6.74. The van der Waals surface area contributed by atoms with E-state index >= 15 is 0 Å². The highest BCUT2D eigenvalue weighted by molar-refractivity contribution is 5.88. The third-order valence-corrected chi connectivity index (χ3v) is 3.14. The van der Waals surface area contributed by atoms with Crippen molar-refractivity contribution >= 4 is 11.9 Å². The van der Waals surface area contributed by atoms with Crippen molar-refractivity contribution in [3.05, 3.63) is 29.3 Å². The lowest BCUT2D eigenvalue weighted by atomic mass is 10.1. The van der Waals surface area contributed by atoms with Gasteiger partial charge in [0.15, 0.2) is 6.61 Å². The molecule has 0 unspecified atom stereocenters. The predicted molar refractivity (Wildman–Crippen MR) is 76.1 cm³/mol. The van der Waals surface area contributed by atoms with Crippen LogP contribution in [0, 0.1) is 6.92 Å². The molecule has 1 aromatic rings. The van der Waals surface area contributed by atoms with Crippen molar-refractivity contribution in [3.8, 4) is 5.75 Å². The molecule has 20 heavy (non-hydrogen) atoms. The number of hydrogen-bond acceptors (Lipinski definition) is 3. The van der Waals surface area contributed by atoms with Gasteiger partial charge in [-0.25, -0.2) is 4.79 Å². The van der Waals surface area contributed by atoms with Gasteiger partial charge >= 0.3 is 5.97 Å². The van der Waals surface area contributed by atoms with Gasteiger partial charge in [-0.3, -0.25) is 4.79 Å². The van der Waals surface area contributed by atoms with E-state index < -0.39 is 5.97 Å². The number of benzene rings is 1. The van der Waals surface area contributed by atoms with Crippen molar-refractivity contribution in [2.75, 3.05) is 6.61 Å². The number of hydrogen-bond donors (Lipinski definition) is 2. The Balaban J connectivity index is 2.63. The van der Waals surface area contributed by atoms with E-state index in [1.807, 2.05) is 13.8 Å². The molecule has 0 aliphatic carbocycles. The van der Waals surface area contributed by atoms with Crippen LogP contribution in [0.1, 0.15) is 42.6 Å². The number of aryl methyl sites for hydroxylation is 1. The van der Waals surface area contributed by atoms with Crippen molar-refractivity contribution < 1.29 is 19.4 Å². The molecule has 0 saturated heterocycles. The molecule has 0 saturated carbocycles. The highest BCUT2D eigenvalue weighted by Crippen LogP contribution is 2.19. The fourth-order valence-electron chi connectivity index (χ4n) is 1.79. The second-order valence-corrected chi connectivity index (χ2v) is 4.66. The maximum absolute atomic E-state index is 11.7. The number of carbonyl (C=O) groups excluding carboxylic acids is 1. The molecule has 0 fully saturated rings. The third-order valence-electron chi connectivity index (χ3n) is 3.14. The van der Waals surface area contributed by atoms with Gasteiger partial charge in [0.2, 0.25) is 0 Å². The van der Waals surface area contributed by atoms with E-state index in [2.05, 4.69) is 5.32 Å². The standard InChI is InChI=1S/C15H21NO4/c1-4-12(5-2)16-14(17)9-20-13-8-11(15(18)19)7-6-10(13)3/h6-8,12H,4-5,9H2,1-3H3,(H,16,17)(H,18,19). The van der Waals surface area contributed by atoms with Gasteiger partial charge in [-0.15, -0.1) is 0 Å². The van der Waals surface area contributed by atoms with E-state index in [0.717, 1.165) is 18.4 Å². The zero-order valence-corrected chi connectivity index (χ0v) is 12.1. The Kier molecular flexibility index (Phi) is 6.03. The van der Waals surface area contributed by atoms with Crippen molar-refractivity contribution in [1.82, 2.24) is 5.32 Å². The molecule has 0 bridgehead atoms. The summed E-state index contributed by atoms with van der Waals surface area (Å²) in [6, 6.07) is 4.76. The maximum Gasteiger partial charge on any atom is 0.335 e. The number of ether oxygens (including phenoxy) is 1. The topological polar surface area (TPSA) is 75.6 Å². The summed E-state index contributed by atoms with van der Waals surface area (Å²) < 4.78 is 5.40. The molecule has 0 aromatic heterocycles. The zero-order chi connectivity index (χ0) is 15.1. The summed E-state index contributed by atoms with van der Waals surface area (Å²) in [7, 11) is 0. The van der Waals surface area contributed by atoms with Crippen molar-refractivity contribution in [2.24, 2.45) is 0 Å². The molecule has 0 heterocycles. The Hall–Kier alpha value is -2.04. The van der Waals surface area contributed by atoms with Gasteiger partial charge in [-0.2, -0.15) is 0 Å². The zero-order valence-electron chi connectivity index (χ0n) is 12.1. The average molecular weight is 279 g/mol. The number of amides is 1. The number of nitrogens with one attached hydrogen (secondary N) is 1. The Labute approximate surface area is 118 Å². The minimum absolute atomic E-state index is 0.111. The van der Waals surface area contributed by atoms with Gasteiger partial charge in [-0.1, -0.05) is 19.9 Å². The summed E-state index contributed by atoms with van der Waals surface area (Å²) in [4.78, 5) is 22.6. The predicted octanol–water partition coefficient (Wildman–Crippen LogP) is 2.38. The number of carboxylic acid groups (broad SMARTS) is 1. The second kappa shape index (κ2) is 7.53. The highest BCUT2D eigenvalue weighted by atomic mass is 16.5. The quantitative estimate of drug-likeness (QED) is 0.803. The molecule has 0 aliphatic rings. The van der Waals surface area contributed by atoms with Gasteiger partial charge in [0.25, 0.3) is 5.91 Å². The fourth-order valence-corrected chi connectivity index (χ4v) is 1.79. The lowest BCUT2D eigenvalue weighted by Crippen LogP contribution is -2.37. The molecule has 2 N–H and O–H groups in total. The molecular weight excluding hydrogens is 258 g/mol. The first-order valence-electron chi connectivity index (χ1n) is 6.74. The number of aromatic carboxylic acids is 1. The van der Waals surface area contributed by atoms with Crippen LogP contribution < -0.4 is 10.1 Å². The molecule has 1 aromatic carbocycles. The SMILES string of the molecule is CCC(CC)NC(=O)COc1cc(C(=O)O)ccc1C. The van der Waals surface area contributed by atoms with Crippen LogP contribution in [-0.2, 0) is 4.79 Å². The Morgan fingerprint density at radius 2 is 1.95 bits per heavy atom. The van der Waals surface area contributed by atoms with Crippen molar-refractivity contribution in [1.29, 1.82) is 0 Å². The largest absolute Gasteiger partial charge is 0.483 e. The summed E-state index contributed by atoms with van der Waals surface area (Å²) in [6.07, 6.45) is 1.74. The van der Waals surface area contributed by atoms with Gasteiger partial charge in [0.05, 0.1) is 5.56 Å².